The van der Waals surface area contributed by atoms with E-state index < -0.39 is 17.4 Å². The maximum atomic E-state index is 15.0. The average molecular weight is 536 g/mol. The van der Waals surface area contributed by atoms with Gasteiger partial charge in [-0.25, -0.2) is 13.8 Å². The number of ether oxygens (including phenoxy) is 1. The van der Waals surface area contributed by atoms with Crippen LogP contribution in [-0.2, 0) is 9.53 Å². The van der Waals surface area contributed by atoms with Crippen LogP contribution in [0.15, 0.2) is 72.3 Å². The van der Waals surface area contributed by atoms with Crippen molar-refractivity contribution < 1.29 is 18.3 Å². The first-order valence-corrected chi connectivity index (χ1v) is 12.6. The summed E-state index contributed by atoms with van der Waals surface area (Å²) in [5.74, 6) is -0.534. The van der Waals surface area contributed by atoms with Gasteiger partial charge in [0, 0.05) is 48.1 Å². The van der Waals surface area contributed by atoms with Gasteiger partial charge < -0.3 is 21.1 Å². The molecule has 7 nitrogen and oxygen atoms in total. The number of aryl methyl sites for hydroxylation is 1. The zero-order chi connectivity index (χ0) is 28.7. The molecule has 0 aliphatic heterocycles. The van der Waals surface area contributed by atoms with Crippen LogP contribution in [-0.4, -0.2) is 34.9 Å². The second kappa shape index (κ2) is 12.6. The third kappa shape index (κ3) is 7.70. The third-order valence-electron chi connectivity index (χ3n) is 6.09. The Kier molecular flexibility index (Phi) is 9.53. The number of alkyl halides is 1. The Labute approximate surface area is 228 Å². The summed E-state index contributed by atoms with van der Waals surface area (Å²) in [5, 5.41) is 5.77. The van der Waals surface area contributed by atoms with E-state index in [0.717, 1.165) is 16.7 Å². The van der Waals surface area contributed by atoms with E-state index in [1.807, 2.05) is 32.0 Å². The summed E-state index contributed by atoms with van der Waals surface area (Å²) in [4.78, 5) is 21.7. The van der Waals surface area contributed by atoms with E-state index in [1.165, 1.54) is 26.0 Å². The standard InChI is InChI=1S/C30H35F2N5O2/c1-7-8-21(13-27(33)30(4,5)32)29(38)37-26-15-24(18(2)11-25(26)31)23-12-22(16-34-17-23)20-9-10-35-28(14-20)36-19(3)39-6/h8-17,19H,7,33H2,1-6H3,(H,35,36)(H,37,38)/b21-8+,27-13-. The van der Waals surface area contributed by atoms with Crippen molar-refractivity contribution in [3.63, 3.8) is 0 Å². The first kappa shape index (κ1) is 29.4. The molecule has 1 unspecified atom stereocenters. The summed E-state index contributed by atoms with van der Waals surface area (Å²) in [6.45, 7) is 8.10. The molecule has 0 saturated heterocycles. The predicted octanol–water partition coefficient (Wildman–Crippen LogP) is 6.53. The smallest absolute Gasteiger partial charge is 0.255 e. The molecule has 4 N–H and O–H groups in total. The lowest BCUT2D eigenvalue weighted by atomic mass is 9.98. The molecule has 0 aliphatic rings. The fourth-order valence-electron chi connectivity index (χ4n) is 3.75. The van der Waals surface area contributed by atoms with Crippen molar-refractivity contribution in [3.8, 4) is 22.3 Å². The lowest BCUT2D eigenvalue weighted by molar-refractivity contribution is -0.112. The lowest BCUT2D eigenvalue weighted by Crippen LogP contribution is -2.24. The molecule has 39 heavy (non-hydrogen) atoms. The van der Waals surface area contributed by atoms with Crippen LogP contribution in [0.4, 0.5) is 20.3 Å². The van der Waals surface area contributed by atoms with Gasteiger partial charge in [-0.15, -0.1) is 0 Å². The Balaban J connectivity index is 1.95. The van der Waals surface area contributed by atoms with Gasteiger partial charge in [-0.3, -0.25) is 9.78 Å². The quantitative estimate of drug-likeness (QED) is 0.155. The molecule has 0 fully saturated rings. The van der Waals surface area contributed by atoms with Gasteiger partial charge in [-0.2, -0.15) is 0 Å². The lowest BCUT2D eigenvalue weighted by Gasteiger charge is -2.16. The van der Waals surface area contributed by atoms with Gasteiger partial charge in [0.15, 0.2) is 0 Å². The molecule has 2 heterocycles. The summed E-state index contributed by atoms with van der Waals surface area (Å²) in [6, 6.07) is 8.62. The van der Waals surface area contributed by atoms with E-state index in [4.69, 9.17) is 10.5 Å². The van der Waals surface area contributed by atoms with Crippen molar-refractivity contribution in [2.24, 2.45) is 5.73 Å². The Morgan fingerprint density at radius 3 is 2.56 bits per heavy atom. The van der Waals surface area contributed by atoms with E-state index in [2.05, 4.69) is 20.6 Å². The number of anilines is 2. The summed E-state index contributed by atoms with van der Waals surface area (Å²) >= 11 is 0. The number of halogens is 2. The highest BCUT2D eigenvalue weighted by Crippen LogP contribution is 2.32. The van der Waals surface area contributed by atoms with E-state index in [-0.39, 0.29) is 23.2 Å². The fraction of sp³-hybridized carbons (Fsp3) is 0.300. The highest BCUT2D eigenvalue weighted by Gasteiger charge is 2.21. The number of rotatable bonds is 10. The molecule has 1 aromatic carbocycles. The molecule has 0 spiro atoms. The number of nitrogens with one attached hydrogen (secondary N) is 2. The van der Waals surface area contributed by atoms with Gasteiger partial charge in [0.25, 0.3) is 5.91 Å². The Hall–Kier alpha value is -4.11. The van der Waals surface area contributed by atoms with Gasteiger partial charge in [0.1, 0.15) is 23.5 Å². The maximum Gasteiger partial charge on any atom is 0.255 e. The Morgan fingerprint density at radius 1 is 1.18 bits per heavy atom. The van der Waals surface area contributed by atoms with Crippen molar-refractivity contribution in [3.05, 3.63) is 83.7 Å². The summed E-state index contributed by atoms with van der Waals surface area (Å²) in [7, 11) is 1.61. The average Bonchev–Trinajstić information content (AvgIpc) is 2.89. The molecule has 2 aromatic heterocycles. The van der Waals surface area contributed by atoms with Crippen molar-refractivity contribution in [2.75, 3.05) is 17.7 Å². The summed E-state index contributed by atoms with van der Waals surface area (Å²) < 4.78 is 34.4. The first-order valence-electron chi connectivity index (χ1n) is 12.6. The van der Waals surface area contributed by atoms with Crippen LogP contribution in [0, 0.1) is 12.7 Å². The minimum absolute atomic E-state index is 0.0107. The van der Waals surface area contributed by atoms with Crippen molar-refractivity contribution in [1.82, 2.24) is 9.97 Å². The van der Waals surface area contributed by atoms with Crippen molar-refractivity contribution in [1.29, 1.82) is 0 Å². The second-order valence-corrected chi connectivity index (χ2v) is 9.66. The van der Waals surface area contributed by atoms with Crippen LogP contribution in [0.25, 0.3) is 22.3 Å². The zero-order valence-electron chi connectivity index (χ0n) is 23.1. The number of hydrogen-bond acceptors (Lipinski definition) is 6. The summed E-state index contributed by atoms with van der Waals surface area (Å²) in [5.41, 5.74) is 7.89. The highest BCUT2D eigenvalue weighted by atomic mass is 19.1. The molecule has 9 heteroatoms. The Bertz CT molecular complexity index is 1400. The molecule has 3 rings (SSSR count). The molecule has 1 amide bonds. The largest absolute Gasteiger partial charge is 0.399 e. The van der Waals surface area contributed by atoms with E-state index in [1.54, 1.807) is 44.8 Å². The monoisotopic (exact) mass is 535 g/mol. The number of pyridine rings is 2. The maximum absolute atomic E-state index is 15.0. The number of methoxy groups -OCH3 is 1. The molecule has 206 valence electrons. The number of carbonyl (C=O) groups is 1. The third-order valence-corrected chi connectivity index (χ3v) is 6.09. The fourth-order valence-corrected chi connectivity index (χ4v) is 3.75. The second-order valence-electron chi connectivity index (χ2n) is 9.66. The number of nitrogens with zero attached hydrogens (tertiary/aromatic N) is 2. The van der Waals surface area contributed by atoms with E-state index in [9.17, 15) is 13.6 Å². The van der Waals surface area contributed by atoms with E-state index in [0.29, 0.717) is 23.4 Å². The normalized spacial score (nSPS) is 13.2. The minimum atomic E-state index is -1.80. The number of aromatic nitrogens is 2. The summed E-state index contributed by atoms with van der Waals surface area (Å²) in [6.07, 6.45) is 8.29. The van der Waals surface area contributed by atoms with Crippen LogP contribution in [0.1, 0.15) is 39.7 Å². The molecule has 0 aliphatic carbocycles. The molecule has 0 bridgehead atoms. The molecule has 1 atom stereocenters. The van der Waals surface area contributed by atoms with Crippen molar-refractivity contribution >= 4 is 17.4 Å². The number of nitrogens with two attached hydrogens (primary N) is 1. The van der Waals surface area contributed by atoms with Crippen LogP contribution >= 0.6 is 0 Å². The van der Waals surface area contributed by atoms with Crippen molar-refractivity contribution in [2.45, 2.75) is 52.9 Å². The molecular weight excluding hydrogens is 500 g/mol. The van der Waals surface area contributed by atoms with Gasteiger partial charge in [0.2, 0.25) is 0 Å². The number of benzene rings is 1. The number of hydrogen-bond donors (Lipinski definition) is 3. The zero-order valence-corrected chi connectivity index (χ0v) is 23.1. The topological polar surface area (TPSA) is 102 Å². The predicted molar refractivity (Wildman–Crippen MR) is 152 cm³/mol. The van der Waals surface area contributed by atoms with Crippen LogP contribution < -0.4 is 16.4 Å². The van der Waals surface area contributed by atoms with Gasteiger partial charge in [-0.05, 0) is 87.2 Å². The number of allylic oxidation sites excluding steroid dienone is 2. The van der Waals surface area contributed by atoms with E-state index >= 15 is 0 Å². The molecule has 0 saturated carbocycles. The van der Waals surface area contributed by atoms with Gasteiger partial charge in [0.05, 0.1) is 5.69 Å². The number of carbonyl (C=O) groups excluding carboxylic acids is 1. The first-order chi connectivity index (χ1) is 18.4. The molecular formula is C30H35F2N5O2. The van der Waals surface area contributed by atoms with Gasteiger partial charge >= 0.3 is 0 Å². The Morgan fingerprint density at radius 2 is 1.90 bits per heavy atom. The molecule has 3 aromatic rings. The molecule has 0 radical (unpaired) electrons. The van der Waals surface area contributed by atoms with Crippen LogP contribution in [0.3, 0.4) is 0 Å². The van der Waals surface area contributed by atoms with Crippen LogP contribution in [0.2, 0.25) is 0 Å². The SMILES string of the molecule is CC/C=C(\C=C(/N)C(C)(C)F)C(=O)Nc1cc(-c2cncc(-c3ccnc(NC(C)OC)c3)c2)c(C)cc1F. The van der Waals surface area contributed by atoms with Crippen LogP contribution in [0.5, 0.6) is 0 Å². The highest BCUT2D eigenvalue weighted by molar-refractivity contribution is 6.06. The number of amides is 1. The van der Waals surface area contributed by atoms with Gasteiger partial charge in [-0.1, -0.05) is 13.0 Å². The minimum Gasteiger partial charge on any atom is -0.399 e.